The molecule has 56 valence electrons. The summed E-state index contributed by atoms with van der Waals surface area (Å²) in [6.45, 7) is 0.135. The van der Waals surface area contributed by atoms with E-state index in [1.807, 2.05) is 0 Å². The van der Waals surface area contributed by atoms with Crippen molar-refractivity contribution in [2.45, 2.75) is 12.6 Å². The lowest BCUT2D eigenvalue weighted by atomic mass is 10.4. The Morgan fingerprint density at radius 2 is 1.89 bits per heavy atom. The summed E-state index contributed by atoms with van der Waals surface area (Å²) in [5.41, 5.74) is 0. The van der Waals surface area contributed by atoms with Gasteiger partial charge in [-0.25, -0.2) is 0 Å². The van der Waals surface area contributed by atoms with E-state index in [1.165, 1.54) is 0 Å². The zero-order valence-electron chi connectivity index (χ0n) is 5.50. The third-order valence-corrected chi connectivity index (χ3v) is 1.29. The quantitative estimate of drug-likeness (QED) is 0.516. The van der Waals surface area contributed by atoms with E-state index in [0.717, 1.165) is 0 Å². The number of hydrogen-bond donors (Lipinski definition) is 0. The summed E-state index contributed by atoms with van der Waals surface area (Å²) >= 11 is 0. The lowest BCUT2D eigenvalue weighted by molar-refractivity contribution is -0.135. The third-order valence-electron chi connectivity index (χ3n) is 0.842. The molecule has 5 heteroatoms. The van der Waals surface area contributed by atoms with Crippen LogP contribution in [0.3, 0.4) is 0 Å². The number of halogens is 3. The molecule has 0 rings (SSSR count). The summed E-state index contributed by atoms with van der Waals surface area (Å²) in [6.07, 6.45) is -4.67. The summed E-state index contributed by atoms with van der Waals surface area (Å²) in [5, 5.41) is 0. The van der Waals surface area contributed by atoms with Crippen molar-refractivity contribution < 1.29 is 13.2 Å². The molecule has 0 N–H and O–H groups in total. The fourth-order valence-corrected chi connectivity index (χ4v) is 0.574. The minimum atomic E-state index is -3.99. The molecule has 0 heterocycles. The van der Waals surface area contributed by atoms with E-state index in [2.05, 4.69) is 0 Å². The van der Waals surface area contributed by atoms with Crippen molar-refractivity contribution in [2.24, 2.45) is 0 Å². The lowest BCUT2D eigenvalue weighted by Gasteiger charge is -2.10. The van der Waals surface area contributed by atoms with Crippen LogP contribution in [-0.2, 0) is 0 Å². The van der Waals surface area contributed by atoms with Crippen LogP contribution in [0.25, 0.3) is 0 Å². The van der Waals surface area contributed by atoms with Gasteiger partial charge in [0, 0.05) is 0 Å². The molecule has 0 aromatic rings. The Morgan fingerprint density at radius 1 is 1.44 bits per heavy atom. The van der Waals surface area contributed by atoms with Crippen molar-refractivity contribution in [3.8, 4) is 0 Å². The number of rotatable bonds is 2. The Hall–Kier alpha value is -0.0331. The van der Waals surface area contributed by atoms with E-state index >= 15 is 0 Å². The highest BCUT2D eigenvalue weighted by Crippen LogP contribution is 2.18. The fourth-order valence-electron chi connectivity index (χ4n) is 0.350. The molecule has 0 spiro atoms. The van der Waals surface area contributed by atoms with Crippen molar-refractivity contribution >= 4 is 10.4 Å². The zero-order valence-corrected chi connectivity index (χ0v) is 7.50. The van der Waals surface area contributed by atoms with Gasteiger partial charge in [0.25, 0.3) is 0 Å². The van der Waals surface area contributed by atoms with Crippen LogP contribution in [0, 0.1) is 0 Å². The molecule has 0 saturated carbocycles. The van der Waals surface area contributed by atoms with Crippen LogP contribution < -0.4 is 0 Å². The summed E-state index contributed by atoms with van der Waals surface area (Å²) in [6, 6.07) is 0. The highest BCUT2D eigenvalue weighted by molar-refractivity contribution is 6.04. The van der Waals surface area contributed by atoms with Crippen LogP contribution in [0.4, 0.5) is 13.2 Å². The van der Waals surface area contributed by atoms with Crippen LogP contribution in [0.1, 0.15) is 6.42 Å². The van der Waals surface area contributed by atoms with E-state index in [-0.39, 0.29) is 6.54 Å². The summed E-state index contributed by atoms with van der Waals surface area (Å²) in [4.78, 5) is 0. The Bertz CT molecular complexity index is 80.4. The largest absolute Gasteiger partial charge is 0.390 e. The molecule has 0 amide bonds. The zero-order chi connectivity index (χ0) is 7.49. The molecule has 0 bridgehead atoms. The first-order valence-electron chi connectivity index (χ1n) is 2.63. The number of alkyl halides is 3. The van der Waals surface area contributed by atoms with Gasteiger partial charge in [-0.1, -0.05) is 0 Å². The molecule has 0 fully saturated rings. The van der Waals surface area contributed by atoms with E-state index in [9.17, 15) is 13.2 Å². The standard InChI is InChI=1S/C4H10F3NSi/c1-8(9)3-2-4(5,6)7/h2-3H2,1,9H3. The van der Waals surface area contributed by atoms with E-state index in [1.54, 1.807) is 11.6 Å². The molecular weight excluding hydrogens is 147 g/mol. The molecule has 9 heavy (non-hydrogen) atoms. The van der Waals surface area contributed by atoms with Gasteiger partial charge in [-0.2, -0.15) is 13.2 Å². The third kappa shape index (κ3) is 7.97. The van der Waals surface area contributed by atoms with Crippen LogP contribution in [0.5, 0.6) is 0 Å². The Morgan fingerprint density at radius 3 is 2.00 bits per heavy atom. The maximum Gasteiger partial charge on any atom is 0.390 e. The van der Waals surface area contributed by atoms with Crippen molar-refractivity contribution in [1.82, 2.24) is 4.57 Å². The second-order valence-electron chi connectivity index (χ2n) is 2.17. The van der Waals surface area contributed by atoms with Crippen LogP contribution in [0.2, 0.25) is 0 Å². The molecule has 0 aromatic carbocycles. The van der Waals surface area contributed by atoms with Gasteiger partial charge in [-0.3, -0.25) is 0 Å². The number of nitrogens with zero attached hydrogens (tertiary/aromatic N) is 1. The first-order valence-corrected chi connectivity index (χ1v) is 3.53. The number of hydrogen-bond acceptors (Lipinski definition) is 1. The molecule has 1 nitrogen and oxygen atoms in total. The van der Waals surface area contributed by atoms with Gasteiger partial charge in [0.05, 0.1) is 16.8 Å². The predicted molar refractivity (Wildman–Crippen MR) is 33.2 cm³/mol. The average Bonchev–Trinajstić information content (AvgIpc) is 1.59. The molecule has 0 aromatic heterocycles. The van der Waals surface area contributed by atoms with Crippen LogP contribution in [-0.4, -0.2) is 34.7 Å². The molecule has 0 unspecified atom stereocenters. The Labute approximate surface area is 55.3 Å². The van der Waals surface area contributed by atoms with E-state index in [4.69, 9.17) is 0 Å². The smallest absolute Gasteiger partial charge is 0.334 e. The molecule has 0 aliphatic carbocycles. The predicted octanol–water partition coefficient (Wildman–Crippen LogP) is 0.151. The first kappa shape index (κ1) is 8.97. The minimum Gasteiger partial charge on any atom is -0.334 e. The minimum absolute atomic E-state index is 0.135. The van der Waals surface area contributed by atoms with E-state index in [0.29, 0.717) is 10.4 Å². The average molecular weight is 157 g/mol. The summed E-state index contributed by atoms with van der Waals surface area (Å²) in [7, 11) is 2.37. The molecule has 0 saturated heterocycles. The van der Waals surface area contributed by atoms with Gasteiger partial charge < -0.3 is 4.57 Å². The highest BCUT2D eigenvalue weighted by atomic mass is 28.2. The maximum atomic E-state index is 11.4. The second kappa shape index (κ2) is 3.22. The first-order chi connectivity index (χ1) is 3.92. The second-order valence-corrected chi connectivity index (χ2v) is 3.70. The SMILES string of the molecule is CN([SiH3])CCC(F)(F)F. The fraction of sp³-hybridized carbons (Fsp3) is 1.00. The Balaban J connectivity index is 3.28. The van der Waals surface area contributed by atoms with Crippen LogP contribution >= 0.6 is 0 Å². The topological polar surface area (TPSA) is 3.24 Å². The lowest BCUT2D eigenvalue weighted by Crippen LogP contribution is -2.21. The van der Waals surface area contributed by atoms with Gasteiger partial charge in [-0.15, -0.1) is 0 Å². The summed E-state index contributed by atoms with van der Waals surface area (Å²) in [5.74, 6) is 0. The van der Waals surface area contributed by atoms with Gasteiger partial charge in [-0.05, 0) is 13.6 Å². The van der Waals surface area contributed by atoms with Gasteiger partial charge in [0.15, 0.2) is 0 Å². The van der Waals surface area contributed by atoms with Crippen molar-refractivity contribution in [2.75, 3.05) is 13.6 Å². The van der Waals surface area contributed by atoms with Crippen LogP contribution in [0.15, 0.2) is 0 Å². The normalized spacial score (nSPS) is 13.0. The molecule has 0 aliphatic rings. The molecular formula is C4H10F3NSi. The van der Waals surface area contributed by atoms with Gasteiger partial charge >= 0.3 is 6.18 Å². The maximum absolute atomic E-state index is 11.4. The van der Waals surface area contributed by atoms with Crippen molar-refractivity contribution in [1.29, 1.82) is 0 Å². The summed E-state index contributed by atoms with van der Waals surface area (Å²) < 4.78 is 35.9. The monoisotopic (exact) mass is 157 g/mol. The Kier molecular flexibility index (Phi) is 3.20. The molecule has 0 atom stereocenters. The van der Waals surface area contributed by atoms with E-state index < -0.39 is 12.6 Å². The molecule has 0 radical (unpaired) electrons. The van der Waals surface area contributed by atoms with Crippen molar-refractivity contribution in [3.05, 3.63) is 0 Å². The van der Waals surface area contributed by atoms with Gasteiger partial charge in [0.1, 0.15) is 0 Å². The van der Waals surface area contributed by atoms with Crippen molar-refractivity contribution in [3.63, 3.8) is 0 Å². The molecule has 0 aliphatic heterocycles. The van der Waals surface area contributed by atoms with Gasteiger partial charge in [0.2, 0.25) is 0 Å². The highest BCUT2D eigenvalue weighted by Gasteiger charge is 2.26.